The molecule has 0 aliphatic rings. The highest BCUT2D eigenvalue weighted by molar-refractivity contribution is 5.92. The number of carbonyl (C=O) groups excluding carboxylic acids is 4. The average Bonchev–Trinajstić information content (AvgIpc) is 3.01. The quantitative estimate of drug-likeness (QED) is 0.0702. The van der Waals surface area contributed by atoms with Crippen LogP contribution in [0.2, 0.25) is 0 Å². The van der Waals surface area contributed by atoms with Gasteiger partial charge in [0.25, 0.3) is 0 Å². The van der Waals surface area contributed by atoms with Crippen LogP contribution in [0.5, 0.6) is 23.0 Å². The summed E-state index contributed by atoms with van der Waals surface area (Å²) in [6.07, 6.45) is -9.88. The minimum atomic E-state index is -4.94. The van der Waals surface area contributed by atoms with Crippen LogP contribution in [0.25, 0.3) is 0 Å². The summed E-state index contributed by atoms with van der Waals surface area (Å²) in [6.45, 7) is 5.13. The lowest BCUT2D eigenvalue weighted by Gasteiger charge is -2.12. The van der Waals surface area contributed by atoms with Gasteiger partial charge in [-0.05, 0) is 79.2 Å². The van der Waals surface area contributed by atoms with E-state index in [1.165, 1.54) is 66.7 Å². The fourth-order valence-electron chi connectivity index (χ4n) is 3.21. The average molecular weight is 668 g/mol. The molecule has 0 bridgehead atoms. The summed E-state index contributed by atoms with van der Waals surface area (Å²) in [5, 5.41) is 0. The third-order valence-electron chi connectivity index (χ3n) is 5.75. The van der Waals surface area contributed by atoms with Crippen LogP contribution >= 0.6 is 0 Å². The number of ether oxygens (including phenoxy) is 6. The third-order valence-corrected chi connectivity index (χ3v) is 5.75. The monoisotopic (exact) mass is 668 g/mol. The number of benzene rings is 3. The molecule has 0 N–H and O–H groups in total. The van der Waals surface area contributed by atoms with Crippen LogP contribution in [0.1, 0.15) is 26.3 Å². The Bertz CT molecular complexity index is 1660. The Balaban J connectivity index is 1.49. The maximum Gasteiger partial charge on any atom is 0.422 e. The number of esters is 4. The van der Waals surface area contributed by atoms with Crippen molar-refractivity contribution in [3.05, 3.63) is 108 Å². The van der Waals surface area contributed by atoms with Crippen LogP contribution in [0.4, 0.5) is 26.3 Å². The lowest BCUT2D eigenvalue weighted by Crippen LogP contribution is -2.22. The van der Waals surface area contributed by atoms with Gasteiger partial charge in [-0.15, -0.1) is 0 Å². The van der Waals surface area contributed by atoms with Crippen LogP contribution in [0, 0.1) is 6.92 Å². The van der Waals surface area contributed by atoms with Gasteiger partial charge in [0.2, 0.25) is 13.6 Å². The summed E-state index contributed by atoms with van der Waals surface area (Å²) in [5.41, 5.74) is -2.82. The second-order valence-corrected chi connectivity index (χ2v) is 9.10. The second-order valence-electron chi connectivity index (χ2n) is 9.10. The highest BCUT2D eigenvalue weighted by Crippen LogP contribution is 2.27. The molecule has 0 aliphatic carbocycles. The lowest BCUT2D eigenvalue weighted by atomic mass is 10.2. The van der Waals surface area contributed by atoms with Gasteiger partial charge in [0, 0.05) is 0 Å². The maximum absolute atomic E-state index is 12.6. The van der Waals surface area contributed by atoms with Crippen molar-refractivity contribution in [3.63, 3.8) is 0 Å². The number of alkyl halides is 6. The molecule has 0 spiro atoms. The van der Waals surface area contributed by atoms with Gasteiger partial charge in [0.15, 0.2) is 0 Å². The Kier molecular flexibility index (Phi) is 11.4. The minimum absolute atomic E-state index is 0.0744. The lowest BCUT2D eigenvalue weighted by molar-refractivity contribution is -0.157. The summed E-state index contributed by atoms with van der Waals surface area (Å²) >= 11 is 0. The number of carbonyl (C=O) groups is 4. The van der Waals surface area contributed by atoms with E-state index in [1.807, 2.05) is 0 Å². The molecule has 3 rings (SSSR count). The van der Waals surface area contributed by atoms with Crippen molar-refractivity contribution >= 4 is 23.9 Å². The Morgan fingerprint density at radius 3 is 1.36 bits per heavy atom. The van der Waals surface area contributed by atoms with Crippen LogP contribution in [0.3, 0.4) is 0 Å². The van der Waals surface area contributed by atoms with E-state index < -0.39 is 61.0 Å². The van der Waals surface area contributed by atoms with E-state index in [1.54, 1.807) is 6.92 Å². The maximum atomic E-state index is 12.6. The van der Waals surface area contributed by atoms with E-state index >= 15 is 0 Å². The number of aryl methyl sites for hydroxylation is 1. The van der Waals surface area contributed by atoms with Crippen molar-refractivity contribution in [2.75, 3.05) is 13.6 Å². The molecule has 0 fully saturated rings. The molecule has 0 atom stereocenters. The van der Waals surface area contributed by atoms with E-state index in [-0.39, 0.29) is 34.1 Å². The first kappa shape index (κ1) is 35.7. The predicted molar refractivity (Wildman–Crippen MR) is 148 cm³/mol. The first-order valence-corrected chi connectivity index (χ1v) is 12.8. The van der Waals surface area contributed by atoms with Crippen molar-refractivity contribution in [2.24, 2.45) is 0 Å². The number of rotatable bonds is 12. The summed E-state index contributed by atoms with van der Waals surface area (Å²) in [5.74, 6) is -4.56. The first-order chi connectivity index (χ1) is 22.0. The normalized spacial score (nSPS) is 11.1. The van der Waals surface area contributed by atoms with Gasteiger partial charge in [-0.25, -0.2) is 19.2 Å². The zero-order valence-corrected chi connectivity index (χ0v) is 24.0. The molecule has 3 aromatic carbocycles. The Morgan fingerprint density at radius 2 is 0.979 bits per heavy atom. The molecule has 0 radical (unpaired) electrons. The summed E-state index contributed by atoms with van der Waals surface area (Å²) in [7, 11) is 0. The molecule has 3 aromatic rings. The van der Waals surface area contributed by atoms with Crippen molar-refractivity contribution in [3.8, 4) is 23.0 Å². The molecule has 248 valence electrons. The third kappa shape index (κ3) is 10.4. The molecule has 16 heteroatoms. The van der Waals surface area contributed by atoms with Crippen molar-refractivity contribution in [2.45, 2.75) is 19.3 Å². The van der Waals surface area contributed by atoms with Crippen LogP contribution in [0.15, 0.2) is 91.0 Å². The fourth-order valence-corrected chi connectivity index (χ4v) is 3.21. The smallest absolute Gasteiger partial charge is 0.422 e. The standard InChI is InChI=1S/C31H22F6O10/c1-17-14-24(46-28(40)20-4-8-22(9-5-20)42-15-44-26(38)18(2)30(32,33)34)12-13-25(17)47-29(41)21-6-10-23(11-7-21)43-16-45-27(39)19(3)31(35,36)37/h4-14H,2-3,15-16H2,1H3. The van der Waals surface area contributed by atoms with Gasteiger partial charge in [-0.2, -0.15) is 26.3 Å². The van der Waals surface area contributed by atoms with Crippen LogP contribution in [-0.2, 0) is 19.1 Å². The molecule has 0 heterocycles. The van der Waals surface area contributed by atoms with Crippen molar-refractivity contribution in [1.29, 1.82) is 0 Å². The Morgan fingerprint density at radius 1 is 0.596 bits per heavy atom. The summed E-state index contributed by atoms with van der Waals surface area (Å²) in [6, 6.07) is 14.5. The van der Waals surface area contributed by atoms with Gasteiger partial charge in [-0.1, -0.05) is 13.2 Å². The SMILES string of the molecule is C=C(C(=O)OCOc1ccc(C(=O)Oc2ccc(OC(=O)c3ccc(OCOC(=O)C(=C)C(F)(F)F)cc3)c(C)c2)cc1)C(F)(F)F. The topological polar surface area (TPSA) is 124 Å². The number of halogens is 6. The highest BCUT2D eigenvalue weighted by atomic mass is 19.4. The van der Waals surface area contributed by atoms with E-state index in [2.05, 4.69) is 22.6 Å². The van der Waals surface area contributed by atoms with E-state index in [0.717, 1.165) is 0 Å². The van der Waals surface area contributed by atoms with Crippen molar-refractivity contribution < 1.29 is 73.9 Å². The molecular weight excluding hydrogens is 646 g/mol. The van der Waals surface area contributed by atoms with Crippen LogP contribution < -0.4 is 18.9 Å². The predicted octanol–water partition coefficient (Wildman–Crippen LogP) is 6.43. The summed E-state index contributed by atoms with van der Waals surface area (Å²) < 4.78 is 104. The highest BCUT2D eigenvalue weighted by Gasteiger charge is 2.38. The second kappa shape index (κ2) is 15.0. The molecule has 0 amide bonds. The van der Waals surface area contributed by atoms with E-state index in [0.29, 0.717) is 5.56 Å². The van der Waals surface area contributed by atoms with Crippen molar-refractivity contribution in [1.82, 2.24) is 0 Å². The van der Waals surface area contributed by atoms with Gasteiger partial charge < -0.3 is 28.4 Å². The Labute approximate surface area is 261 Å². The van der Waals surface area contributed by atoms with Gasteiger partial charge in [-0.3, -0.25) is 0 Å². The van der Waals surface area contributed by atoms with Crippen LogP contribution in [-0.4, -0.2) is 49.8 Å². The zero-order chi connectivity index (χ0) is 34.9. The molecule has 0 saturated carbocycles. The van der Waals surface area contributed by atoms with Gasteiger partial charge >= 0.3 is 36.2 Å². The van der Waals surface area contributed by atoms with E-state index in [4.69, 9.17) is 18.9 Å². The molecule has 47 heavy (non-hydrogen) atoms. The number of hydrogen-bond acceptors (Lipinski definition) is 10. The largest absolute Gasteiger partial charge is 0.457 e. The molecular formula is C31H22F6O10. The molecule has 10 nitrogen and oxygen atoms in total. The minimum Gasteiger partial charge on any atom is -0.457 e. The Hall–Kier alpha value is -5.80. The fraction of sp³-hybridized carbons (Fsp3) is 0.161. The summed E-state index contributed by atoms with van der Waals surface area (Å²) in [4.78, 5) is 47.7. The van der Waals surface area contributed by atoms with E-state index in [9.17, 15) is 45.5 Å². The number of hydrogen-bond donors (Lipinski definition) is 0. The first-order valence-electron chi connectivity index (χ1n) is 12.8. The molecule has 0 aliphatic heterocycles. The van der Waals surface area contributed by atoms with Gasteiger partial charge in [0.1, 0.15) is 34.1 Å². The molecule has 0 saturated heterocycles. The zero-order valence-electron chi connectivity index (χ0n) is 24.0. The molecule has 0 aromatic heterocycles. The molecule has 0 unspecified atom stereocenters. The van der Waals surface area contributed by atoms with Gasteiger partial charge in [0.05, 0.1) is 11.1 Å².